The van der Waals surface area contributed by atoms with Gasteiger partial charge in [0.15, 0.2) is 0 Å². The number of carbonyl (C=O) groups is 1. The van der Waals surface area contributed by atoms with E-state index in [4.69, 9.17) is 9.15 Å². The molecule has 1 aromatic heterocycles. The monoisotopic (exact) mass is 317 g/mol. The molecule has 0 aliphatic carbocycles. The Labute approximate surface area is 134 Å². The van der Waals surface area contributed by atoms with Gasteiger partial charge in [0.2, 0.25) is 0 Å². The van der Waals surface area contributed by atoms with E-state index in [1.807, 2.05) is 36.4 Å². The van der Waals surface area contributed by atoms with Crippen LogP contribution in [0.2, 0.25) is 0 Å². The van der Waals surface area contributed by atoms with Gasteiger partial charge in [0, 0.05) is 17.3 Å². The standard InChI is InChI=1S/C17H19NO3S/c19-17(18-11-13-5-3-9-20-13)15-7-1-2-8-16(15)22-12-14-6-4-10-21-14/h1-3,5,7-9,14H,4,6,10-12H2,(H,18,19)/t14-/m1/s1. The van der Waals surface area contributed by atoms with Crippen molar-refractivity contribution in [3.63, 3.8) is 0 Å². The number of ether oxygens (including phenoxy) is 1. The average Bonchev–Trinajstić information content (AvgIpc) is 3.24. The van der Waals surface area contributed by atoms with E-state index in [2.05, 4.69) is 5.32 Å². The van der Waals surface area contributed by atoms with Crippen LogP contribution in [0.15, 0.2) is 52.0 Å². The molecule has 5 heteroatoms. The number of carbonyl (C=O) groups excluding carboxylic acids is 1. The second kappa shape index (κ2) is 7.51. The summed E-state index contributed by atoms with van der Waals surface area (Å²) in [6.07, 6.45) is 4.16. The Morgan fingerprint density at radius 3 is 2.95 bits per heavy atom. The van der Waals surface area contributed by atoms with Crippen LogP contribution in [0, 0.1) is 0 Å². The minimum atomic E-state index is -0.0770. The Kier molecular flexibility index (Phi) is 5.19. The molecule has 0 radical (unpaired) electrons. The molecule has 1 saturated heterocycles. The first-order valence-electron chi connectivity index (χ1n) is 7.47. The molecule has 1 aromatic carbocycles. The van der Waals surface area contributed by atoms with E-state index < -0.39 is 0 Å². The quantitative estimate of drug-likeness (QED) is 0.829. The molecule has 2 aromatic rings. The highest BCUT2D eigenvalue weighted by molar-refractivity contribution is 7.99. The molecule has 0 bridgehead atoms. The highest BCUT2D eigenvalue weighted by atomic mass is 32.2. The summed E-state index contributed by atoms with van der Waals surface area (Å²) < 4.78 is 10.9. The Morgan fingerprint density at radius 1 is 1.27 bits per heavy atom. The van der Waals surface area contributed by atoms with Crippen molar-refractivity contribution in [1.29, 1.82) is 0 Å². The molecule has 1 aliphatic heterocycles. The van der Waals surface area contributed by atoms with Gasteiger partial charge in [0.1, 0.15) is 5.76 Å². The lowest BCUT2D eigenvalue weighted by Gasteiger charge is -2.12. The van der Waals surface area contributed by atoms with Crippen LogP contribution in [0.25, 0.3) is 0 Å². The van der Waals surface area contributed by atoms with Crippen molar-refractivity contribution in [3.8, 4) is 0 Å². The van der Waals surface area contributed by atoms with Gasteiger partial charge >= 0.3 is 0 Å². The van der Waals surface area contributed by atoms with Gasteiger partial charge in [0.05, 0.1) is 24.5 Å². The highest BCUT2D eigenvalue weighted by Crippen LogP contribution is 2.26. The molecular weight excluding hydrogens is 298 g/mol. The van der Waals surface area contributed by atoms with Gasteiger partial charge in [-0.05, 0) is 37.1 Å². The summed E-state index contributed by atoms with van der Waals surface area (Å²) in [6.45, 7) is 1.26. The van der Waals surface area contributed by atoms with Crippen molar-refractivity contribution < 1.29 is 13.9 Å². The Morgan fingerprint density at radius 2 is 2.18 bits per heavy atom. The summed E-state index contributed by atoms with van der Waals surface area (Å²) in [6, 6.07) is 11.3. The van der Waals surface area contributed by atoms with Crippen molar-refractivity contribution in [2.45, 2.75) is 30.4 Å². The smallest absolute Gasteiger partial charge is 0.252 e. The number of hydrogen-bond donors (Lipinski definition) is 1. The lowest BCUT2D eigenvalue weighted by Crippen LogP contribution is -2.23. The van der Waals surface area contributed by atoms with Crippen LogP contribution in [0.1, 0.15) is 29.0 Å². The number of rotatable bonds is 6. The maximum Gasteiger partial charge on any atom is 0.252 e. The molecule has 3 rings (SSSR count). The van der Waals surface area contributed by atoms with Crippen LogP contribution in [0.3, 0.4) is 0 Å². The summed E-state index contributed by atoms with van der Waals surface area (Å²) in [7, 11) is 0. The zero-order valence-corrected chi connectivity index (χ0v) is 13.1. The van der Waals surface area contributed by atoms with E-state index in [0.29, 0.717) is 18.2 Å². The summed E-state index contributed by atoms with van der Waals surface area (Å²) in [5, 5.41) is 2.89. The summed E-state index contributed by atoms with van der Waals surface area (Å²) in [5.41, 5.74) is 0.706. The largest absolute Gasteiger partial charge is 0.467 e. The molecule has 4 nitrogen and oxygen atoms in total. The number of hydrogen-bond acceptors (Lipinski definition) is 4. The van der Waals surface area contributed by atoms with E-state index >= 15 is 0 Å². The maximum atomic E-state index is 12.4. The second-order valence-electron chi connectivity index (χ2n) is 5.20. The van der Waals surface area contributed by atoms with Crippen LogP contribution in [-0.4, -0.2) is 24.4 Å². The normalized spacial score (nSPS) is 17.5. The van der Waals surface area contributed by atoms with Crippen molar-refractivity contribution in [2.75, 3.05) is 12.4 Å². The second-order valence-corrected chi connectivity index (χ2v) is 6.27. The van der Waals surface area contributed by atoms with Gasteiger partial charge < -0.3 is 14.5 Å². The fourth-order valence-electron chi connectivity index (χ4n) is 2.41. The van der Waals surface area contributed by atoms with Gasteiger partial charge in [-0.1, -0.05) is 12.1 Å². The van der Waals surface area contributed by atoms with Gasteiger partial charge in [-0.25, -0.2) is 0 Å². The van der Waals surface area contributed by atoms with Gasteiger partial charge in [0.25, 0.3) is 5.91 Å². The van der Waals surface area contributed by atoms with Crippen molar-refractivity contribution in [1.82, 2.24) is 5.32 Å². The first kappa shape index (κ1) is 15.2. The fourth-order valence-corrected chi connectivity index (χ4v) is 3.53. The predicted octanol–water partition coefficient (Wildman–Crippen LogP) is 3.48. The molecule has 22 heavy (non-hydrogen) atoms. The maximum absolute atomic E-state index is 12.4. The Hall–Kier alpha value is -1.72. The van der Waals surface area contributed by atoms with Gasteiger partial charge in [-0.3, -0.25) is 4.79 Å². The van der Waals surface area contributed by atoms with Crippen LogP contribution >= 0.6 is 11.8 Å². The van der Waals surface area contributed by atoms with Crippen LogP contribution in [0.4, 0.5) is 0 Å². The summed E-state index contributed by atoms with van der Waals surface area (Å²) in [5.74, 6) is 1.56. The van der Waals surface area contributed by atoms with Crippen molar-refractivity contribution >= 4 is 17.7 Å². The summed E-state index contributed by atoms with van der Waals surface area (Å²) >= 11 is 1.69. The van der Waals surface area contributed by atoms with E-state index in [1.165, 1.54) is 0 Å². The van der Waals surface area contributed by atoms with E-state index in [1.54, 1.807) is 18.0 Å². The molecule has 1 aliphatic rings. The molecule has 1 amide bonds. The number of nitrogens with one attached hydrogen (secondary N) is 1. The summed E-state index contributed by atoms with van der Waals surface area (Å²) in [4.78, 5) is 13.4. The van der Waals surface area contributed by atoms with Crippen LogP contribution in [-0.2, 0) is 11.3 Å². The molecule has 1 N–H and O–H groups in total. The van der Waals surface area contributed by atoms with Crippen LogP contribution < -0.4 is 5.32 Å². The molecule has 116 valence electrons. The first-order valence-corrected chi connectivity index (χ1v) is 8.45. The first-order chi connectivity index (χ1) is 10.8. The van der Waals surface area contributed by atoms with Crippen molar-refractivity contribution in [3.05, 3.63) is 54.0 Å². The van der Waals surface area contributed by atoms with E-state index in [9.17, 15) is 4.79 Å². The molecule has 0 unspecified atom stereocenters. The average molecular weight is 317 g/mol. The van der Waals surface area contributed by atoms with Gasteiger partial charge in [-0.2, -0.15) is 0 Å². The molecular formula is C17H19NO3S. The Bertz CT molecular complexity index is 606. The van der Waals surface area contributed by atoms with E-state index in [0.717, 1.165) is 35.9 Å². The lowest BCUT2D eigenvalue weighted by molar-refractivity contribution is 0.0945. The number of furan rings is 1. The number of thioether (sulfide) groups is 1. The Balaban J connectivity index is 1.60. The van der Waals surface area contributed by atoms with Gasteiger partial charge in [-0.15, -0.1) is 11.8 Å². The number of benzene rings is 1. The zero-order valence-electron chi connectivity index (χ0n) is 12.3. The minimum Gasteiger partial charge on any atom is -0.467 e. The third kappa shape index (κ3) is 3.93. The highest BCUT2D eigenvalue weighted by Gasteiger charge is 2.17. The third-order valence-corrected chi connectivity index (χ3v) is 4.79. The zero-order chi connectivity index (χ0) is 15.2. The molecule has 1 fully saturated rings. The third-order valence-electron chi connectivity index (χ3n) is 3.58. The molecule has 1 atom stereocenters. The lowest BCUT2D eigenvalue weighted by atomic mass is 10.2. The minimum absolute atomic E-state index is 0.0770. The predicted molar refractivity (Wildman–Crippen MR) is 86.0 cm³/mol. The van der Waals surface area contributed by atoms with Crippen molar-refractivity contribution in [2.24, 2.45) is 0 Å². The fraction of sp³-hybridized carbons (Fsp3) is 0.353. The topological polar surface area (TPSA) is 51.5 Å². The molecule has 0 saturated carbocycles. The van der Waals surface area contributed by atoms with Crippen LogP contribution in [0.5, 0.6) is 0 Å². The molecule has 0 spiro atoms. The number of amides is 1. The molecule has 2 heterocycles. The van der Waals surface area contributed by atoms with E-state index in [-0.39, 0.29) is 5.91 Å². The SMILES string of the molecule is O=C(NCc1ccco1)c1ccccc1SC[C@H]1CCCO1.